The third-order valence-corrected chi connectivity index (χ3v) is 7.54. The summed E-state index contributed by atoms with van der Waals surface area (Å²) in [5, 5.41) is 11.7. The smallest absolute Gasteiger partial charge is 0.326 e. The molecule has 4 aromatic rings. The molecule has 0 saturated heterocycles. The highest BCUT2D eigenvalue weighted by Gasteiger charge is 2.32. The lowest BCUT2D eigenvalue weighted by molar-refractivity contribution is -0.141. The van der Waals surface area contributed by atoms with Crippen LogP contribution < -0.4 is 0 Å². The SMILES string of the molecule is CCC(C(=O)O)n1c2c(c3cc(F)ccc31)CC(N(C)C(=O)CCc1c[nH]c3ccccc13)CC2. The predicted molar refractivity (Wildman–Crippen MR) is 134 cm³/mol. The van der Waals surface area contributed by atoms with Crippen molar-refractivity contribution in [3.63, 3.8) is 0 Å². The third-order valence-electron chi connectivity index (χ3n) is 7.54. The Labute approximate surface area is 203 Å². The van der Waals surface area contributed by atoms with Gasteiger partial charge in [-0.3, -0.25) is 4.79 Å². The van der Waals surface area contributed by atoms with Gasteiger partial charge in [-0.25, -0.2) is 9.18 Å². The van der Waals surface area contributed by atoms with Gasteiger partial charge in [0, 0.05) is 53.2 Å². The van der Waals surface area contributed by atoms with Crippen LogP contribution in [0.3, 0.4) is 0 Å². The number of hydrogen-bond donors (Lipinski definition) is 2. The molecular weight excluding hydrogens is 445 g/mol. The lowest BCUT2D eigenvalue weighted by atomic mass is 9.90. The lowest BCUT2D eigenvalue weighted by Gasteiger charge is -2.32. The molecule has 1 amide bonds. The van der Waals surface area contributed by atoms with E-state index < -0.39 is 12.0 Å². The highest BCUT2D eigenvalue weighted by Crippen LogP contribution is 2.37. The van der Waals surface area contributed by atoms with Gasteiger partial charge in [-0.15, -0.1) is 0 Å². The zero-order chi connectivity index (χ0) is 24.7. The molecule has 35 heavy (non-hydrogen) atoms. The second-order valence-electron chi connectivity index (χ2n) is 9.48. The van der Waals surface area contributed by atoms with Gasteiger partial charge in [0.05, 0.1) is 0 Å². The average molecular weight is 476 g/mol. The lowest BCUT2D eigenvalue weighted by Crippen LogP contribution is -2.41. The van der Waals surface area contributed by atoms with Crippen molar-refractivity contribution in [1.82, 2.24) is 14.5 Å². The van der Waals surface area contributed by atoms with Crippen molar-refractivity contribution >= 4 is 33.7 Å². The number of rotatable bonds is 7. The third kappa shape index (κ3) is 4.09. The number of benzene rings is 2. The van der Waals surface area contributed by atoms with Crippen LogP contribution in [0.5, 0.6) is 0 Å². The van der Waals surface area contributed by atoms with Gasteiger partial charge in [-0.1, -0.05) is 25.1 Å². The number of nitrogens with zero attached hydrogens (tertiary/aromatic N) is 2. The van der Waals surface area contributed by atoms with E-state index in [0.29, 0.717) is 32.1 Å². The molecule has 1 aliphatic rings. The summed E-state index contributed by atoms with van der Waals surface area (Å²) < 4.78 is 16.1. The zero-order valence-electron chi connectivity index (χ0n) is 20.1. The van der Waals surface area contributed by atoms with Gasteiger partial charge >= 0.3 is 5.97 Å². The van der Waals surface area contributed by atoms with Crippen molar-refractivity contribution in [3.05, 3.63) is 71.3 Å². The van der Waals surface area contributed by atoms with Crippen LogP contribution in [0.1, 0.15) is 49.0 Å². The summed E-state index contributed by atoms with van der Waals surface area (Å²) in [4.78, 5) is 30.2. The first-order valence-corrected chi connectivity index (χ1v) is 12.2. The number of carboxylic acid groups (broad SMARTS) is 1. The van der Waals surface area contributed by atoms with Crippen LogP contribution in [-0.4, -0.2) is 44.5 Å². The van der Waals surface area contributed by atoms with Gasteiger partial charge < -0.3 is 19.6 Å². The fourth-order valence-electron chi connectivity index (χ4n) is 5.66. The van der Waals surface area contributed by atoms with Crippen LogP contribution in [-0.2, 0) is 28.9 Å². The Morgan fingerprint density at radius 3 is 2.80 bits per heavy atom. The number of para-hydroxylation sites is 1. The minimum atomic E-state index is -0.886. The first-order chi connectivity index (χ1) is 16.9. The second-order valence-corrected chi connectivity index (χ2v) is 9.48. The van der Waals surface area contributed by atoms with Crippen molar-refractivity contribution in [2.24, 2.45) is 0 Å². The van der Waals surface area contributed by atoms with Gasteiger partial charge in [-0.2, -0.15) is 0 Å². The van der Waals surface area contributed by atoms with E-state index in [4.69, 9.17) is 0 Å². The molecule has 0 saturated carbocycles. The number of nitrogens with one attached hydrogen (secondary N) is 1. The van der Waals surface area contributed by atoms with Gasteiger partial charge in [-0.05, 0) is 67.5 Å². The highest BCUT2D eigenvalue weighted by molar-refractivity contribution is 5.88. The molecule has 0 fully saturated rings. The summed E-state index contributed by atoms with van der Waals surface area (Å²) in [5.74, 6) is -1.15. The van der Waals surface area contributed by atoms with Gasteiger partial charge in [0.2, 0.25) is 5.91 Å². The number of carboxylic acids is 1. The van der Waals surface area contributed by atoms with Crippen molar-refractivity contribution < 1.29 is 19.1 Å². The summed E-state index contributed by atoms with van der Waals surface area (Å²) >= 11 is 0. The number of halogens is 1. The number of aryl methyl sites for hydroxylation is 1. The number of H-pyrrole nitrogens is 1. The Bertz CT molecular complexity index is 1420. The molecule has 1 aliphatic carbocycles. The fraction of sp³-hybridized carbons (Fsp3) is 0.357. The van der Waals surface area contributed by atoms with Crippen LogP contribution in [0, 0.1) is 5.82 Å². The topological polar surface area (TPSA) is 78.3 Å². The zero-order valence-corrected chi connectivity index (χ0v) is 20.1. The molecule has 2 aromatic heterocycles. The summed E-state index contributed by atoms with van der Waals surface area (Å²) in [6.07, 6.45) is 5.48. The number of hydrogen-bond acceptors (Lipinski definition) is 2. The monoisotopic (exact) mass is 475 g/mol. The summed E-state index contributed by atoms with van der Waals surface area (Å²) in [6.45, 7) is 1.85. The maximum absolute atomic E-state index is 14.2. The normalized spacial score (nSPS) is 16.4. The summed E-state index contributed by atoms with van der Waals surface area (Å²) in [6, 6.07) is 11.9. The molecule has 2 heterocycles. The standard InChI is InChI=1S/C28H30FN3O3/c1-3-24(28(34)35)32-25-11-9-18(29)14-21(25)22-15-19(10-12-26(22)32)31(2)27(33)13-8-17-16-30-23-7-5-4-6-20(17)23/h4-7,9,11,14,16,19,24,30H,3,8,10,12-13,15H2,1-2H3,(H,34,35). The summed E-state index contributed by atoms with van der Waals surface area (Å²) in [5.41, 5.74) is 4.87. The van der Waals surface area contributed by atoms with E-state index in [1.165, 1.54) is 12.1 Å². The molecular formula is C28H30FN3O3. The highest BCUT2D eigenvalue weighted by atomic mass is 19.1. The van der Waals surface area contributed by atoms with Crippen molar-refractivity contribution in [2.45, 2.75) is 57.5 Å². The Morgan fingerprint density at radius 2 is 2.03 bits per heavy atom. The van der Waals surface area contributed by atoms with Crippen LogP contribution in [0.15, 0.2) is 48.7 Å². The van der Waals surface area contributed by atoms with E-state index in [9.17, 15) is 19.1 Å². The number of amides is 1. The molecule has 0 radical (unpaired) electrons. The van der Waals surface area contributed by atoms with Gasteiger partial charge in [0.25, 0.3) is 0 Å². The predicted octanol–water partition coefficient (Wildman–Crippen LogP) is 5.25. The maximum atomic E-state index is 14.2. The maximum Gasteiger partial charge on any atom is 0.326 e. The molecule has 2 atom stereocenters. The molecule has 7 heteroatoms. The van der Waals surface area contributed by atoms with Crippen molar-refractivity contribution in [3.8, 4) is 0 Å². The number of carbonyl (C=O) groups is 2. The molecule has 2 aromatic carbocycles. The fourth-order valence-corrected chi connectivity index (χ4v) is 5.66. The van der Waals surface area contributed by atoms with E-state index in [2.05, 4.69) is 11.1 Å². The Balaban J connectivity index is 1.38. The summed E-state index contributed by atoms with van der Waals surface area (Å²) in [7, 11) is 1.85. The quantitative estimate of drug-likeness (QED) is 0.383. The van der Waals surface area contributed by atoms with Crippen LogP contribution in [0.25, 0.3) is 21.8 Å². The van der Waals surface area contributed by atoms with Crippen LogP contribution >= 0.6 is 0 Å². The second kappa shape index (κ2) is 9.21. The minimum absolute atomic E-state index is 0.00908. The number of aliphatic carboxylic acids is 1. The number of aromatic nitrogens is 2. The van der Waals surface area contributed by atoms with Gasteiger partial charge in [0.1, 0.15) is 11.9 Å². The Hall–Kier alpha value is -3.61. The van der Waals surface area contributed by atoms with Crippen LogP contribution in [0.4, 0.5) is 4.39 Å². The molecule has 2 N–H and O–H groups in total. The molecule has 0 spiro atoms. The van der Waals surface area contributed by atoms with E-state index >= 15 is 0 Å². The molecule has 5 rings (SSSR count). The van der Waals surface area contributed by atoms with E-state index in [1.54, 1.807) is 6.07 Å². The first-order valence-electron chi connectivity index (χ1n) is 12.2. The minimum Gasteiger partial charge on any atom is -0.480 e. The molecule has 2 unspecified atom stereocenters. The van der Waals surface area contributed by atoms with E-state index in [0.717, 1.165) is 45.0 Å². The van der Waals surface area contributed by atoms with E-state index in [1.807, 2.05) is 47.8 Å². The largest absolute Gasteiger partial charge is 0.480 e. The Kier molecular flexibility index (Phi) is 6.09. The Morgan fingerprint density at radius 1 is 1.23 bits per heavy atom. The molecule has 6 nitrogen and oxygen atoms in total. The van der Waals surface area contributed by atoms with Gasteiger partial charge in [0.15, 0.2) is 0 Å². The molecule has 0 bridgehead atoms. The average Bonchev–Trinajstić information content (AvgIpc) is 3.41. The van der Waals surface area contributed by atoms with E-state index in [-0.39, 0.29) is 17.8 Å². The van der Waals surface area contributed by atoms with Crippen molar-refractivity contribution in [2.75, 3.05) is 7.05 Å². The number of likely N-dealkylation sites (N-methyl/N-ethyl adjacent to an activating group) is 1. The van der Waals surface area contributed by atoms with Crippen LogP contribution in [0.2, 0.25) is 0 Å². The number of carbonyl (C=O) groups excluding carboxylic acids is 1. The number of fused-ring (bicyclic) bond motifs is 4. The molecule has 182 valence electrons. The number of aromatic amines is 1. The first kappa shape index (κ1) is 23.1. The van der Waals surface area contributed by atoms with Crippen molar-refractivity contribution in [1.29, 1.82) is 0 Å². The molecule has 0 aliphatic heterocycles.